The van der Waals surface area contributed by atoms with Crippen LogP contribution in [0, 0.1) is 0 Å². The SMILES string of the molecule is CCOc1cc(/C=C/C(=O)N(C)Cc2ccc3c(c2)OCO3)ccc1OCCOc1ccccc1. The quantitative estimate of drug-likeness (QED) is 0.289. The third-order valence-corrected chi connectivity index (χ3v) is 5.27. The van der Waals surface area contributed by atoms with E-state index in [-0.39, 0.29) is 12.7 Å². The summed E-state index contributed by atoms with van der Waals surface area (Å²) in [6.45, 7) is 3.91. The van der Waals surface area contributed by atoms with Crippen LogP contribution in [0.25, 0.3) is 6.08 Å². The summed E-state index contributed by atoms with van der Waals surface area (Å²) in [4.78, 5) is 14.3. The zero-order valence-corrected chi connectivity index (χ0v) is 19.9. The molecule has 0 saturated heterocycles. The molecule has 1 amide bonds. The number of carbonyl (C=O) groups excluding carboxylic acids is 1. The topological polar surface area (TPSA) is 66.5 Å². The van der Waals surface area contributed by atoms with Crippen LogP contribution in [0.3, 0.4) is 0 Å². The van der Waals surface area contributed by atoms with Gasteiger partial charge in [0.25, 0.3) is 0 Å². The van der Waals surface area contributed by atoms with Gasteiger partial charge >= 0.3 is 0 Å². The van der Waals surface area contributed by atoms with Gasteiger partial charge < -0.3 is 28.6 Å². The first-order valence-corrected chi connectivity index (χ1v) is 11.5. The third kappa shape index (κ3) is 6.69. The van der Waals surface area contributed by atoms with Crippen molar-refractivity contribution in [3.8, 4) is 28.7 Å². The summed E-state index contributed by atoms with van der Waals surface area (Å²) in [5, 5.41) is 0. The molecule has 7 nitrogen and oxygen atoms in total. The first-order valence-electron chi connectivity index (χ1n) is 11.5. The lowest BCUT2D eigenvalue weighted by Crippen LogP contribution is -2.24. The first kappa shape index (κ1) is 24.0. The lowest BCUT2D eigenvalue weighted by Gasteiger charge is -2.15. The second-order valence-electron chi connectivity index (χ2n) is 7.86. The van der Waals surface area contributed by atoms with E-state index < -0.39 is 0 Å². The average molecular weight is 476 g/mol. The highest BCUT2D eigenvalue weighted by Gasteiger charge is 2.15. The van der Waals surface area contributed by atoms with Crippen LogP contribution in [0.4, 0.5) is 0 Å². The molecule has 0 aromatic heterocycles. The van der Waals surface area contributed by atoms with E-state index in [1.807, 2.05) is 73.7 Å². The van der Waals surface area contributed by atoms with Crippen LogP contribution in [0.2, 0.25) is 0 Å². The summed E-state index contributed by atoms with van der Waals surface area (Å²) < 4.78 is 28.0. The molecule has 7 heteroatoms. The van der Waals surface area contributed by atoms with E-state index in [4.69, 9.17) is 23.7 Å². The number of para-hydroxylation sites is 1. The van der Waals surface area contributed by atoms with Gasteiger partial charge in [0.2, 0.25) is 12.7 Å². The Kier molecular flexibility index (Phi) is 8.12. The van der Waals surface area contributed by atoms with Crippen molar-refractivity contribution < 1.29 is 28.5 Å². The van der Waals surface area contributed by atoms with Gasteiger partial charge in [-0.1, -0.05) is 30.3 Å². The summed E-state index contributed by atoms with van der Waals surface area (Å²) >= 11 is 0. The molecule has 1 heterocycles. The number of amides is 1. The number of nitrogens with zero attached hydrogens (tertiary/aromatic N) is 1. The number of carbonyl (C=O) groups is 1. The number of benzene rings is 3. The largest absolute Gasteiger partial charge is 0.490 e. The molecule has 4 rings (SSSR count). The van der Waals surface area contributed by atoms with Crippen molar-refractivity contribution in [3.63, 3.8) is 0 Å². The Labute approximate surface area is 205 Å². The van der Waals surface area contributed by atoms with Crippen molar-refractivity contribution >= 4 is 12.0 Å². The van der Waals surface area contributed by atoms with E-state index >= 15 is 0 Å². The van der Waals surface area contributed by atoms with Gasteiger partial charge in [-0.25, -0.2) is 0 Å². The van der Waals surface area contributed by atoms with Crippen molar-refractivity contribution in [3.05, 3.63) is 83.9 Å². The predicted molar refractivity (Wildman–Crippen MR) is 133 cm³/mol. The molecule has 0 saturated carbocycles. The Morgan fingerprint density at radius 1 is 0.914 bits per heavy atom. The van der Waals surface area contributed by atoms with Gasteiger partial charge in [0.1, 0.15) is 19.0 Å². The lowest BCUT2D eigenvalue weighted by molar-refractivity contribution is -0.125. The zero-order valence-electron chi connectivity index (χ0n) is 19.9. The van der Waals surface area contributed by atoms with Gasteiger partial charge in [0.05, 0.1) is 6.61 Å². The van der Waals surface area contributed by atoms with Crippen molar-refractivity contribution in [2.45, 2.75) is 13.5 Å². The van der Waals surface area contributed by atoms with Gasteiger partial charge in [0, 0.05) is 19.7 Å². The minimum absolute atomic E-state index is 0.112. The van der Waals surface area contributed by atoms with Crippen LogP contribution in [0.15, 0.2) is 72.8 Å². The molecular weight excluding hydrogens is 446 g/mol. The molecule has 0 spiro atoms. The van der Waals surface area contributed by atoms with E-state index in [0.717, 1.165) is 22.6 Å². The van der Waals surface area contributed by atoms with Gasteiger partial charge in [-0.3, -0.25) is 4.79 Å². The van der Waals surface area contributed by atoms with Crippen molar-refractivity contribution in [1.29, 1.82) is 0 Å². The van der Waals surface area contributed by atoms with Crippen LogP contribution < -0.4 is 23.7 Å². The van der Waals surface area contributed by atoms with E-state index in [1.165, 1.54) is 0 Å². The first-order chi connectivity index (χ1) is 17.1. The highest BCUT2D eigenvalue weighted by Crippen LogP contribution is 2.33. The van der Waals surface area contributed by atoms with E-state index in [1.54, 1.807) is 24.1 Å². The fourth-order valence-electron chi connectivity index (χ4n) is 3.53. The molecule has 3 aromatic rings. The minimum atomic E-state index is -0.112. The summed E-state index contributed by atoms with van der Waals surface area (Å²) in [5.41, 5.74) is 1.81. The molecule has 0 unspecified atom stereocenters. The highest BCUT2D eigenvalue weighted by molar-refractivity contribution is 5.91. The summed E-state index contributed by atoms with van der Waals surface area (Å²) in [5.74, 6) is 3.37. The van der Waals surface area contributed by atoms with Crippen LogP contribution in [-0.2, 0) is 11.3 Å². The molecule has 0 atom stereocenters. The Balaban J connectivity index is 1.32. The van der Waals surface area contributed by atoms with Crippen LogP contribution in [0.5, 0.6) is 28.7 Å². The normalized spacial score (nSPS) is 11.9. The summed E-state index contributed by atoms with van der Waals surface area (Å²) in [6, 6.07) is 20.9. The zero-order chi connectivity index (χ0) is 24.5. The van der Waals surface area contributed by atoms with Crippen LogP contribution in [0.1, 0.15) is 18.1 Å². The van der Waals surface area contributed by atoms with Crippen molar-refractivity contribution in [2.75, 3.05) is 33.7 Å². The Hall–Kier alpha value is -4.13. The molecule has 1 aliphatic rings. The minimum Gasteiger partial charge on any atom is -0.490 e. The van der Waals surface area contributed by atoms with Gasteiger partial charge in [-0.15, -0.1) is 0 Å². The van der Waals surface area contributed by atoms with Crippen LogP contribution in [-0.4, -0.2) is 44.5 Å². The molecule has 35 heavy (non-hydrogen) atoms. The molecule has 0 radical (unpaired) electrons. The number of hydrogen-bond acceptors (Lipinski definition) is 6. The maximum Gasteiger partial charge on any atom is 0.246 e. The van der Waals surface area contributed by atoms with Gasteiger partial charge in [0.15, 0.2) is 23.0 Å². The Bertz CT molecular complexity index is 1160. The van der Waals surface area contributed by atoms with Gasteiger partial charge in [-0.2, -0.15) is 0 Å². The molecule has 0 N–H and O–H groups in total. The second kappa shape index (κ2) is 11.8. The average Bonchev–Trinajstić information content (AvgIpc) is 3.35. The maximum atomic E-state index is 12.6. The maximum absolute atomic E-state index is 12.6. The fourth-order valence-corrected chi connectivity index (χ4v) is 3.53. The van der Waals surface area contributed by atoms with Crippen molar-refractivity contribution in [1.82, 2.24) is 4.90 Å². The third-order valence-electron chi connectivity index (χ3n) is 5.27. The number of fused-ring (bicyclic) bond motifs is 1. The number of rotatable bonds is 11. The van der Waals surface area contributed by atoms with E-state index in [0.29, 0.717) is 43.6 Å². The lowest BCUT2D eigenvalue weighted by atomic mass is 10.1. The predicted octanol–water partition coefficient (Wildman–Crippen LogP) is 4.94. The molecular formula is C28H29NO6. The summed E-state index contributed by atoms with van der Waals surface area (Å²) in [6.07, 6.45) is 3.32. The van der Waals surface area contributed by atoms with E-state index in [2.05, 4.69) is 0 Å². The van der Waals surface area contributed by atoms with Gasteiger partial charge in [-0.05, 0) is 60.5 Å². The molecule has 0 bridgehead atoms. The Morgan fingerprint density at radius 2 is 1.71 bits per heavy atom. The number of hydrogen-bond donors (Lipinski definition) is 0. The van der Waals surface area contributed by atoms with Crippen LogP contribution >= 0.6 is 0 Å². The molecule has 182 valence electrons. The Morgan fingerprint density at radius 3 is 2.54 bits per heavy atom. The smallest absolute Gasteiger partial charge is 0.246 e. The monoisotopic (exact) mass is 475 g/mol. The molecule has 1 aliphatic heterocycles. The number of likely N-dealkylation sites (N-methyl/N-ethyl adjacent to an activating group) is 1. The van der Waals surface area contributed by atoms with E-state index in [9.17, 15) is 4.79 Å². The molecule has 0 aliphatic carbocycles. The fraction of sp³-hybridized carbons (Fsp3) is 0.250. The van der Waals surface area contributed by atoms with Crippen molar-refractivity contribution in [2.24, 2.45) is 0 Å². The summed E-state index contributed by atoms with van der Waals surface area (Å²) in [7, 11) is 1.76. The highest BCUT2D eigenvalue weighted by atomic mass is 16.7. The second-order valence-corrected chi connectivity index (χ2v) is 7.86. The standard InChI is InChI=1S/C28H29NO6/c1-3-31-26-17-21(9-12-24(26)33-16-15-32-23-7-5-4-6-8-23)11-14-28(30)29(2)19-22-10-13-25-27(18-22)35-20-34-25/h4-14,17-18H,3,15-16,19-20H2,1-2H3/b14-11+. The molecule has 3 aromatic carbocycles. The molecule has 0 fully saturated rings. The number of ether oxygens (including phenoxy) is 5.